The van der Waals surface area contributed by atoms with Gasteiger partial charge in [0.05, 0.1) is 6.07 Å². The molecule has 1 aliphatic carbocycles. The number of halogens is 1. The maximum atomic E-state index is 9.33. The Morgan fingerprint density at radius 2 is 2.24 bits per heavy atom. The fourth-order valence-corrected chi connectivity index (χ4v) is 2.44. The monoisotopic (exact) mass is 245 g/mol. The summed E-state index contributed by atoms with van der Waals surface area (Å²) < 4.78 is 5.53. The van der Waals surface area contributed by atoms with E-state index in [2.05, 4.69) is 12.0 Å². The van der Waals surface area contributed by atoms with E-state index in [1.165, 1.54) is 7.11 Å². The normalized spacial score (nSPS) is 19.8. The highest BCUT2D eigenvalue weighted by atomic mass is 35.5. The highest BCUT2D eigenvalue weighted by Gasteiger charge is 2.61. The Bertz CT molecular complexity index is 522. The molecule has 1 aromatic carbocycles. The first kappa shape index (κ1) is 12.0. The molecule has 0 saturated heterocycles. The number of benzene rings is 1. The van der Waals surface area contributed by atoms with Crippen molar-refractivity contribution in [3.05, 3.63) is 34.9 Å². The van der Waals surface area contributed by atoms with Gasteiger partial charge >= 0.3 is 0 Å². The predicted octanol–water partition coefficient (Wildman–Crippen LogP) is 3.12. The van der Waals surface area contributed by atoms with E-state index >= 15 is 0 Å². The number of hydrogen-bond donors (Lipinski definition) is 0. The van der Waals surface area contributed by atoms with Gasteiger partial charge in [0.1, 0.15) is 5.41 Å². The summed E-state index contributed by atoms with van der Waals surface area (Å²) in [6.07, 6.45) is 7.15. The number of ether oxygens (including phenoxy) is 1. The lowest BCUT2D eigenvalue weighted by Crippen LogP contribution is -2.36. The van der Waals surface area contributed by atoms with Gasteiger partial charge in [-0.25, -0.2) is 0 Å². The van der Waals surface area contributed by atoms with Crippen LogP contribution in [0.1, 0.15) is 18.4 Å². The molecule has 0 heterocycles. The average molecular weight is 246 g/mol. The third-order valence-corrected chi connectivity index (χ3v) is 3.61. The third kappa shape index (κ3) is 1.62. The number of nitrogens with zero attached hydrogens (tertiary/aromatic N) is 1. The van der Waals surface area contributed by atoms with Crippen molar-refractivity contribution in [2.45, 2.75) is 18.4 Å². The van der Waals surface area contributed by atoms with Crippen LogP contribution in [0.3, 0.4) is 0 Å². The van der Waals surface area contributed by atoms with Crippen LogP contribution in [0.25, 0.3) is 0 Å². The van der Waals surface area contributed by atoms with Gasteiger partial charge in [-0.05, 0) is 30.5 Å². The zero-order valence-electron chi connectivity index (χ0n) is 9.53. The van der Waals surface area contributed by atoms with Gasteiger partial charge in [0.15, 0.2) is 5.60 Å². The maximum absolute atomic E-state index is 9.33. The lowest BCUT2D eigenvalue weighted by molar-refractivity contribution is -0.00564. The fraction of sp³-hybridized carbons (Fsp3) is 0.357. The summed E-state index contributed by atoms with van der Waals surface area (Å²) in [5.41, 5.74) is -0.831. The highest BCUT2D eigenvalue weighted by molar-refractivity contribution is 6.30. The molecule has 1 atom stereocenters. The van der Waals surface area contributed by atoms with Gasteiger partial charge in [0.2, 0.25) is 0 Å². The standard InChI is InChI=1S/C14H12ClNO/c1-3-14(17-2,13(10-16)7-8-13)11-5-4-6-12(15)9-11/h1,4-6,9H,7-8H2,2H3/t14-/m0/s1. The van der Waals surface area contributed by atoms with E-state index in [4.69, 9.17) is 22.8 Å². The van der Waals surface area contributed by atoms with Crippen molar-refractivity contribution in [1.82, 2.24) is 0 Å². The number of nitriles is 1. The Morgan fingerprint density at radius 1 is 1.53 bits per heavy atom. The molecule has 0 amide bonds. The van der Waals surface area contributed by atoms with E-state index in [1.807, 2.05) is 12.1 Å². The van der Waals surface area contributed by atoms with E-state index in [0.717, 1.165) is 18.4 Å². The minimum Gasteiger partial charge on any atom is -0.360 e. The topological polar surface area (TPSA) is 33.0 Å². The van der Waals surface area contributed by atoms with Crippen molar-refractivity contribution in [1.29, 1.82) is 5.26 Å². The molecule has 17 heavy (non-hydrogen) atoms. The van der Waals surface area contributed by atoms with Crippen LogP contribution < -0.4 is 0 Å². The second-order valence-electron chi connectivity index (χ2n) is 4.23. The number of methoxy groups -OCH3 is 1. The quantitative estimate of drug-likeness (QED) is 0.767. The summed E-state index contributed by atoms with van der Waals surface area (Å²) in [7, 11) is 1.54. The summed E-state index contributed by atoms with van der Waals surface area (Å²) in [5, 5.41) is 9.92. The second-order valence-corrected chi connectivity index (χ2v) is 4.67. The smallest absolute Gasteiger partial charge is 0.171 e. The van der Waals surface area contributed by atoms with Crippen LogP contribution in [0, 0.1) is 29.1 Å². The van der Waals surface area contributed by atoms with Crippen molar-refractivity contribution in [2.75, 3.05) is 7.11 Å². The second kappa shape index (κ2) is 4.08. The molecule has 1 fully saturated rings. The molecule has 2 nitrogen and oxygen atoms in total. The summed E-state index contributed by atoms with van der Waals surface area (Å²) in [5.74, 6) is 2.66. The molecule has 2 rings (SSSR count). The lowest BCUT2D eigenvalue weighted by Gasteiger charge is -2.32. The Morgan fingerprint density at radius 3 is 2.65 bits per heavy atom. The van der Waals surface area contributed by atoms with E-state index < -0.39 is 11.0 Å². The van der Waals surface area contributed by atoms with Gasteiger partial charge in [-0.2, -0.15) is 5.26 Å². The molecule has 0 spiro atoms. The van der Waals surface area contributed by atoms with Gasteiger partial charge in [0.25, 0.3) is 0 Å². The Labute approximate surface area is 106 Å². The van der Waals surface area contributed by atoms with E-state index in [0.29, 0.717) is 5.02 Å². The Kier molecular flexibility index (Phi) is 2.87. The first-order valence-electron chi connectivity index (χ1n) is 5.34. The van der Waals surface area contributed by atoms with Gasteiger partial charge < -0.3 is 4.74 Å². The summed E-state index contributed by atoms with van der Waals surface area (Å²) >= 11 is 5.97. The van der Waals surface area contributed by atoms with Gasteiger partial charge in [-0.1, -0.05) is 29.7 Å². The Balaban J connectivity index is 2.58. The zero-order valence-corrected chi connectivity index (χ0v) is 10.3. The molecule has 3 heteroatoms. The fourth-order valence-electron chi connectivity index (χ4n) is 2.24. The van der Waals surface area contributed by atoms with Crippen molar-refractivity contribution in [3.63, 3.8) is 0 Å². The Hall–Kier alpha value is -1.48. The minimum absolute atomic E-state index is 0.591. The molecule has 0 aliphatic heterocycles. The van der Waals surface area contributed by atoms with Crippen molar-refractivity contribution in [3.8, 4) is 18.4 Å². The maximum Gasteiger partial charge on any atom is 0.171 e. The summed E-state index contributed by atoms with van der Waals surface area (Å²) in [4.78, 5) is 0. The molecule has 1 aliphatic rings. The van der Waals surface area contributed by atoms with E-state index in [9.17, 15) is 5.26 Å². The number of rotatable bonds is 3. The highest BCUT2D eigenvalue weighted by Crippen LogP contribution is 2.59. The van der Waals surface area contributed by atoms with Gasteiger partial charge in [-0.15, -0.1) is 6.42 Å². The molecule has 0 radical (unpaired) electrons. The van der Waals surface area contributed by atoms with Crippen molar-refractivity contribution >= 4 is 11.6 Å². The molecule has 0 bridgehead atoms. The molecule has 1 saturated carbocycles. The van der Waals surface area contributed by atoms with E-state index in [-0.39, 0.29) is 0 Å². The average Bonchev–Trinajstić information content (AvgIpc) is 3.13. The van der Waals surface area contributed by atoms with Crippen molar-refractivity contribution < 1.29 is 4.74 Å². The molecule has 0 aromatic heterocycles. The third-order valence-electron chi connectivity index (χ3n) is 3.38. The van der Waals surface area contributed by atoms with Crippen LogP contribution in [0.2, 0.25) is 5.02 Å². The number of hydrogen-bond acceptors (Lipinski definition) is 2. The van der Waals surface area contributed by atoms with Crippen LogP contribution >= 0.6 is 11.6 Å². The van der Waals surface area contributed by atoms with Gasteiger partial charge in [-0.3, -0.25) is 0 Å². The van der Waals surface area contributed by atoms with Crippen LogP contribution in [0.4, 0.5) is 0 Å². The first-order valence-corrected chi connectivity index (χ1v) is 5.72. The molecule has 0 N–H and O–H groups in total. The molecule has 1 aromatic rings. The van der Waals surface area contributed by atoms with E-state index in [1.54, 1.807) is 12.1 Å². The van der Waals surface area contributed by atoms with Crippen LogP contribution in [0.5, 0.6) is 0 Å². The van der Waals surface area contributed by atoms with Crippen molar-refractivity contribution in [2.24, 2.45) is 5.41 Å². The molecular weight excluding hydrogens is 234 g/mol. The van der Waals surface area contributed by atoms with Crippen LogP contribution in [-0.4, -0.2) is 7.11 Å². The number of terminal acetylenes is 1. The minimum atomic E-state index is -0.993. The molecule has 86 valence electrons. The van der Waals surface area contributed by atoms with Crippen LogP contribution in [-0.2, 0) is 10.3 Å². The van der Waals surface area contributed by atoms with Crippen LogP contribution in [0.15, 0.2) is 24.3 Å². The SMILES string of the molecule is C#C[C@](OC)(c1cccc(Cl)c1)C1(C#N)CC1. The molecule has 0 unspecified atom stereocenters. The summed E-state index contributed by atoms with van der Waals surface area (Å²) in [6, 6.07) is 9.51. The zero-order chi connectivity index (χ0) is 12.5. The van der Waals surface area contributed by atoms with Gasteiger partial charge in [0, 0.05) is 12.1 Å². The molecular formula is C14H12ClNO. The largest absolute Gasteiger partial charge is 0.360 e. The predicted molar refractivity (Wildman–Crippen MR) is 66.3 cm³/mol. The lowest BCUT2D eigenvalue weighted by atomic mass is 9.79. The summed E-state index contributed by atoms with van der Waals surface area (Å²) in [6.45, 7) is 0. The first-order chi connectivity index (χ1) is 8.14.